The molecule has 5 heteroatoms. The first-order valence-electron chi connectivity index (χ1n) is 7.55. The van der Waals surface area contributed by atoms with Crippen molar-refractivity contribution in [3.63, 3.8) is 0 Å². The van der Waals surface area contributed by atoms with Crippen LogP contribution < -0.4 is 10.2 Å². The predicted molar refractivity (Wildman–Crippen MR) is 94.2 cm³/mol. The summed E-state index contributed by atoms with van der Waals surface area (Å²) in [6, 6.07) is 11.8. The van der Waals surface area contributed by atoms with Crippen LogP contribution in [0.15, 0.2) is 36.4 Å². The number of hydrogen-bond donors (Lipinski definition) is 1. The van der Waals surface area contributed by atoms with E-state index < -0.39 is 0 Å². The highest BCUT2D eigenvalue weighted by molar-refractivity contribution is 6.29. The van der Waals surface area contributed by atoms with Gasteiger partial charge in [-0.3, -0.25) is 0 Å². The smallest absolute Gasteiger partial charge is 0.132 e. The van der Waals surface area contributed by atoms with Crippen LogP contribution in [0.25, 0.3) is 0 Å². The topological polar surface area (TPSA) is 37.4 Å². The average molecular weight is 328 g/mol. The number of aromatic nitrogens is 1. The van der Waals surface area contributed by atoms with Crippen molar-refractivity contribution >= 4 is 23.1 Å². The van der Waals surface area contributed by atoms with Gasteiger partial charge in [0.1, 0.15) is 11.0 Å². The van der Waals surface area contributed by atoms with E-state index in [0.29, 0.717) is 18.4 Å². The van der Waals surface area contributed by atoms with Gasteiger partial charge in [-0.1, -0.05) is 23.4 Å². The molecule has 0 spiro atoms. The summed E-state index contributed by atoms with van der Waals surface area (Å²) >= 11 is 6.15. The zero-order valence-corrected chi connectivity index (χ0v) is 13.7. The van der Waals surface area contributed by atoms with Crippen LogP contribution in [0.5, 0.6) is 0 Å². The van der Waals surface area contributed by atoms with E-state index in [4.69, 9.17) is 16.3 Å². The van der Waals surface area contributed by atoms with Gasteiger partial charge in [0, 0.05) is 37.0 Å². The fraction of sp³-hybridized carbons (Fsp3) is 0.278. The Labute approximate surface area is 141 Å². The molecule has 0 amide bonds. The van der Waals surface area contributed by atoms with Crippen molar-refractivity contribution in [3.8, 4) is 11.8 Å². The number of morpholine rings is 1. The lowest BCUT2D eigenvalue weighted by Crippen LogP contribution is -2.36. The van der Waals surface area contributed by atoms with Crippen molar-refractivity contribution in [2.45, 2.75) is 0 Å². The molecule has 2 aromatic rings. The predicted octanol–water partition coefficient (Wildman–Crippen LogP) is 3.01. The summed E-state index contributed by atoms with van der Waals surface area (Å²) in [7, 11) is 1.90. The second-order valence-corrected chi connectivity index (χ2v) is 5.60. The van der Waals surface area contributed by atoms with E-state index in [9.17, 15) is 0 Å². The van der Waals surface area contributed by atoms with Crippen molar-refractivity contribution < 1.29 is 4.74 Å². The molecule has 1 aliphatic heterocycles. The summed E-state index contributed by atoms with van der Waals surface area (Å²) in [5, 5.41) is 3.55. The molecule has 1 fully saturated rings. The van der Waals surface area contributed by atoms with Gasteiger partial charge in [0.2, 0.25) is 0 Å². The minimum Gasteiger partial charge on any atom is -0.388 e. The van der Waals surface area contributed by atoms with E-state index in [1.165, 1.54) is 0 Å². The molecule has 2 heterocycles. The van der Waals surface area contributed by atoms with Gasteiger partial charge in [0.25, 0.3) is 0 Å². The summed E-state index contributed by atoms with van der Waals surface area (Å²) in [4.78, 5) is 6.56. The maximum atomic E-state index is 6.15. The first-order chi connectivity index (χ1) is 11.2. The van der Waals surface area contributed by atoms with Gasteiger partial charge in [-0.2, -0.15) is 0 Å². The van der Waals surface area contributed by atoms with Gasteiger partial charge in [0.15, 0.2) is 0 Å². The van der Waals surface area contributed by atoms with E-state index in [1.54, 1.807) is 6.07 Å². The Bertz CT molecular complexity index is 728. The van der Waals surface area contributed by atoms with Gasteiger partial charge in [-0.05, 0) is 36.4 Å². The van der Waals surface area contributed by atoms with Crippen molar-refractivity contribution in [2.75, 3.05) is 43.6 Å². The van der Waals surface area contributed by atoms with Crippen LogP contribution in [0.1, 0.15) is 11.1 Å². The minimum absolute atomic E-state index is 0.462. The molecule has 1 saturated heterocycles. The van der Waals surface area contributed by atoms with E-state index >= 15 is 0 Å². The first-order valence-corrected chi connectivity index (χ1v) is 7.92. The van der Waals surface area contributed by atoms with Crippen LogP contribution in [0.4, 0.5) is 11.5 Å². The van der Waals surface area contributed by atoms with Crippen LogP contribution in [-0.4, -0.2) is 38.3 Å². The summed E-state index contributed by atoms with van der Waals surface area (Å²) in [5.74, 6) is 7.19. The third-order valence-electron chi connectivity index (χ3n) is 3.64. The Morgan fingerprint density at radius 1 is 1.09 bits per heavy atom. The van der Waals surface area contributed by atoms with Crippen LogP contribution >= 0.6 is 11.6 Å². The Kier molecular flexibility index (Phi) is 5.02. The standard InChI is InChI=1S/C18H18ClN3O/c1-20-16-6-4-14(5-7-16)2-3-15-12-17(19)21-18(13-15)22-8-10-23-11-9-22/h4-7,12-13,20H,8-11H2,1H3. The van der Waals surface area contributed by atoms with Crippen LogP contribution in [0.3, 0.4) is 0 Å². The molecule has 0 saturated carbocycles. The number of ether oxygens (including phenoxy) is 1. The molecule has 0 unspecified atom stereocenters. The normalized spacial score (nSPS) is 14.1. The van der Waals surface area contributed by atoms with Gasteiger partial charge in [0.05, 0.1) is 13.2 Å². The third kappa shape index (κ3) is 4.16. The maximum Gasteiger partial charge on any atom is 0.132 e. The van der Waals surface area contributed by atoms with Crippen molar-refractivity contribution in [1.29, 1.82) is 0 Å². The van der Waals surface area contributed by atoms with E-state index in [1.807, 2.05) is 37.4 Å². The maximum absolute atomic E-state index is 6.15. The largest absolute Gasteiger partial charge is 0.388 e. The molecule has 23 heavy (non-hydrogen) atoms. The average Bonchev–Trinajstić information content (AvgIpc) is 2.61. The Hall–Kier alpha value is -2.22. The number of nitrogens with one attached hydrogen (secondary N) is 1. The lowest BCUT2D eigenvalue weighted by molar-refractivity contribution is 0.122. The molecule has 1 N–H and O–H groups in total. The number of rotatable bonds is 2. The molecule has 0 bridgehead atoms. The fourth-order valence-electron chi connectivity index (χ4n) is 2.37. The van der Waals surface area contributed by atoms with Crippen molar-refractivity contribution in [1.82, 2.24) is 4.98 Å². The molecule has 0 atom stereocenters. The molecular weight excluding hydrogens is 310 g/mol. The summed E-state index contributed by atoms with van der Waals surface area (Å²) in [5.41, 5.74) is 2.89. The highest BCUT2D eigenvalue weighted by atomic mass is 35.5. The highest BCUT2D eigenvalue weighted by Gasteiger charge is 2.13. The van der Waals surface area contributed by atoms with E-state index in [-0.39, 0.29) is 0 Å². The van der Waals surface area contributed by atoms with Crippen LogP contribution in [0, 0.1) is 11.8 Å². The summed E-state index contributed by atoms with van der Waals surface area (Å²) in [6.45, 7) is 3.08. The molecule has 118 valence electrons. The van der Waals surface area contributed by atoms with Crippen LogP contribution in [-0.2, 0) is 4.74 Å². The molecule has 1 aromatic heterocycles. The minimum atomic E-state index is 0.462. The molecule has 1 aliphatic rings. The Morgan fingerprint density at radius 3 is 2.48 bits per heavy atom. The number of halogens is 1. The van der Waals surface area contributed by atoms with Gasteiger partial charge < -0.3 is 15.0 Å². The summed E-state index contributed by atoms with van der Waals surface area (Å²) < 4.78 is 5.37. The lowest BCUT2D eigenvalue weighted by atomic mass is 10.2. The number of nitrogens with zero attached hydrogens (tertiary/aromatic N) is 2. The summed E-state index contributed by atoms with van der Waals surface area (Å²) in [6.07, 6.45) is 0. The molecule has 0 aliphatic carbocycles. The quantitative estimate of drug-likeness (QED) is 0.679. The zero-order valence-electron chi connectivity index (χ0n) is 13.0. The highest BCUT2D eigenvalue weighted by Crippen LogP contribution is 2.19. The second kappa shape index (κ2) is 7.36. The SMILES string of the molecule is CNc1ccc(C#Cc2cc(Cl)nc(N3CCOCC3)c2)cc1. The molecule has 0 radical (unpaired) electrons. The Morgan fingerprint density at radius 2 is 1.78 bits per heavy atom. The number of hydrogen-bond acceptors (Lipinski definition) is 4. The first kappa shape index (κ1) is 15.7. The monoisotopic (exact) mass is 327 g/mol. The van der Waals surface area contributed by atoms with Crippen molar-refractivity contribution in [3.05, 3.63) is 52.7 Å². The molecular formula is C18H18ClN3O. The second-order valence-electron chi connectivity index (χ2n) is 5.21. The van der Waals surface area contributed by atoms with Gasteiger partial charge in [-0.25, -0.2) is 4.98 Å². The van der Waals surface area contributed by atoms with Gasteiger partial charge in [-0.15, -0.1) is 0 Å². The van der Waals surface area contributed by atoms with E-state index in [2.05, 4.69) is 27.0 Å². The van der Waals surface area contributed by atoms with Crippen LogP contribution in [0.2, 0.25) is 5.15 Å². The molecule has 4 nitrogen and oxygen atoms in total. The fourth-order valence-corrected chi connectivity index (χ4v) is 2.58. The lowest BCUT2D eigenvalue weighted by Gasteiger charge is -2.27. The zero-order chi connectivity index (χ0) is 16.1. The van der Waals surface area contributed by atoms with Gasteiger partial charge >= 0.3 is 0 Å². The number of benzene rings is 1. The Balaban J connectivity index is 1.82. The van der Waals surface area contributed by atoms with Crippen molar-refractivity contribution in [2.24, 2.45) is 0 Å². The van der Waals surface area contributed by atoms with E-state index in [0.717, 1.165) is 35.7 Å². The molecule has 3 rings (SSSR count). The number of pyridine rings is 1. The third-order valence-corrected chi connectivity index (χ3v) is 3.83. The number of anilines is 2. The molecule has 1 aromatic carbocycles.